The van der Waals surface area contributed by atoms with Gasteiger partial charge in [-0.1, -0.05) is 42.5 Å². The van der Waals surface area contributed by atoms with Gasteiger partial charge in [0, 0.05) is 24.7 Å². The van der Waals surface area contributed by atoms with Gasteiger partial charge in [0.15, 0.2) is 11.5 Å². The molecule has 0 spiro atoms. The van der Waals surface area contributed by atoms with E-state index in [1.165, 1.54) is 5.56 Å². The molecule has 0 radical (unpaired) electrons. The van der Waals surface area contributed by atoms with Crippen molar-refractivity contribution < 1.29 is 14.3 Å². The highest BCUT2D eigenvalue weighted by Gasteiger charge is 2.50. The Labute approximate surface area is 164 Å². The molecular weight excluding hydrogens is 350 g/mol. The van der Waals surface area contributed by atoms with Crippen molar-refractivity contribution in [3.05, 3.63) is 89.2 Å². The molecule has 1 saturated carbocycles. The number of carbonyl (C=O) groups excluding carboxylic acids is 1. The molecule has 1 aliphatic heterocycles. The fourth-order valence-electron chi connectivity index (χ4n) is 3.87. The molecule has 2 aromatic carbocycles. The molecule has 3 aromatic rings. The van der Waals surface area contributed by atoms with Gasteiger partial charge in [-0.25, -0.2) is 0 Å². The van der Waals surface area contributed by atoms with Gasteiger partial charge in [-0.15, -0.1) is 0 Å². The molecule has 1 fully saturated rings. The summed E-state index contributed by atoms with van der Waals surface area (Å²) in [6.45, 7) is 0.251. The zero-order chi connectivity index (χ0) is 19.0. The van der Waals surface area contributed by atoms with Crippen molar-refractivity contribution >= 4 is 5.78 Å². The van der Waals surface area contributed by atoms with Crippen molar-refractivity contribution in [3.8, 4) is 11.5 Å². The summed E-state index contributed by atoms with van der Waals surface area (Å²) in [6.07, 6.45) is 4.84. The number of aromatic nitrogens is 1. The third kappa shape index (κ3) is 3.15. The van der Waals surface area contributed by atoms with Gasteiger partial charge in [-0.05, 0) is 47.7 Å². The van der Waals surface area contributed by atoms with Gasteiger partial charge in [0.25, 0.3) is 0 Å². The Bertz CT molecular complexity index is 1010. The molecule has 0 bridgehead atoms. The molecule has 0 saturated heterocycles. The van der Waals surface area contributed by atoms with Gasteiger partial charge in [0.1, 0.15) is 5.78 Å². The van der Waals surface area contributed by atoms with Crippen LogP contribution in [0, 0.1) is 0 Å². The molecular formula is C24H21NO3. The molecule has 5 rings (SSSR count). The standard InChI is InChI=1S/C24H21NO3/c26-23(24(10-11-24)19-7-9-21-22(14-19)28-16-27-21)13-18-6-8-20(25-15-18)12-17-4-2-1-3-5-17/h1-9,14-15H,10-13,16H2. The molecule has 0 amide bonds. The number of rotatable bonds is 6. The van der Waals surface area contributed by atoms with E-state index in [9.17, 15) is 4.79 Å². The monoisotopic (exact) mass is 371 g/mol. The topological polar surface area (TPSA) is 48.4 Å². The Morgan fingerprint density at radius 3 is 2.50 bits per heavy atom. The molecule has 0 N–H and O–H groups in total. The Hall–Kier alpha value is -3.14. The Morgan fingerprint density at radius 2 is 1.75 bits per heavy atom. The van der Waals surface area contributed by atoms with E-state index in [1.807, 2.05) is 54.7 Å². The van der Waals surface area contributed by atoms with E-state index in [-0.39, 0.29) is 18.0 Å². The number of hydrogen-bond acceptors (Lipinski definition) is 4. The fraction of sp³-hybridized carbons (Fsp3) is 0.250. The van der Waals surface area contributed by atoms with Crippen LogP contribution in [-0.2, 0) is 23.1 Å². The second-order valence-corrected chi connectivity index (χ2v) is 7.57. The second kappa shape index (κ2) is 6.79. The summed E-state index contributed by atoms with van der Waals surface area (Å²) in [5, 5.41) is 0. The lowest BCUT2D eigenvalue weighted by Crippen LogP contribution is -2.22. The largest absolute Gasteiger partial charge is 0.454 e. The van der Waals surface area contributed by atoms with Crippen LogP contribution >= 0.6 is 0 Å². The van der Waals surface area contributed by atoms with Crippen molar-refractivity contribution in [3.63, 3.8) is 0 Å². The smallest absolute Gasteiger partial charge is 0.231 e. The predicted octanol–water partition coefficient (Wildman–Crippen LogP) is 4.24. The van der Waals surface area contributed by atoms with Crippen LogP contribution in [0.3, 0.4) is 0 Å². The van der Waals surface area contributed by atoms with Crippen molar-refractivity contribution in [2.75, 3.05) is 6.79 Å². The minimum atomic E-state index is -0.371. The Balaban J connectivity index is 1.29. The first kappa shape index (κ1) is 17.0. The summed E-state index contributed by atoms with van der Waals surface area (Å²) in [6, 6.07) is 20.2. The molecule has 2 aliphatic rings. The van der Waals surface area contributed by atoms with Crippen LogP contribution in [0.5, 0.6) is 11.5 Å². The molecule has 4 heteroatoms. The minimum Gasteiger partial charge on any atom is -0.454 e. The predicted molar refractivity (Wildman–Crippen MR) is 106 cm³/mol. The maximum absolute atomic E-state index is 13.1. The SMILES string of the molecule is O=C(Cc1ccc(Cc2ccccc2)nc1)C1(c2ccc3c(c2)OCO3)CC1. The van der Waals surface area contributed by atoms with Crippen molar-refractivity contribution in [1.82, 2.24) is 4.98 Å². The third-order valence-electron chi connectivity index (χ3n) is 5.69. The van der Waals surface area contributed by atoms with Crippen molar-refractivity contribution in [2.45, 2.75) is 31.1 Å². The number of ether oxygens (including phenoxy) is 2. The van der Waals surface area contributed by atoms with E-state index in [0.29, 0.717) is 6.42 Å². The number of benzene rings is 2. The van der Waals surface area contributed by atoms with E-state index in [4.69, 9.17) is 9.47 Å². The number of hydrogen-bond donors (Lipinski definition) is 0. The Kier molecular flexibility index (Phi) is 4.12. The molecule has 28 heavy (non-hydrogen) atoms. The second-order valence-electron chi connectivity index (χ2n) is 7.57. The molecule has 0 unspecified atom stereocenters. The van der Waals surface area contributed by atoms with Crippen LogP contribution < -0.4 is 9.47 Å². The summed E-state index contributed by atoms with van der Waals surface area (Å²) in [5.41, 5.74) is 3.88. The summed E-state index contributed by atoms with van der Waals surface area (Å²) < 4.78 is 10.9. The van der Waals surface area contributed by atoms with Crippen LogP contribution in [0.2, 0.25) is 0 Å². The highest BCUT2D eigenvalue weighted by atomic mass is 16.7. The molecule has 1 aliphatic carbocycles. The normalized spacial score (nSPS) is 16.0. The van der Waals surface area contributed by atoms with Crippen LogP contribution in [0.15, 0.2) is 66.9 Å². The summed E-state index contributed by atoms with van der Waals surface area (Å²) in [4.78, 5) is 17.6. The molecule has 140 valence electrons. The van der Waals surface area contributed by atoms with E-state index >= 15 is 0 Å². The van der Waals surface area contributed by atoms with Gasteiger partial charge in [-0.2, -0.15) is 0 Å². The first-order chi connectivity index (χ1) is 13.7. The first-order valence-corrected chi connectivity index (χ1v) is 9.64. The lowest BCUT2D eigenvalue weighted by Gasteiger charge is -2.15. The number of ketones is 1. The molecule has 0 atom stereocenters. The summed E-state index contributed by atoms with van der Waals surface area (Å²) in [5.74, 6) is 1.75. The van der Waals surface area contributed by atoms with Gasteiger partial charge < -0.3 is 9.47 Å². The Morgan fingerprint density at radius 1 is 0.929 bits per heavy atom. The van der Waals surface area contributed by atoms with E-state index in [2.05, 4.69) is 17.1 Å². The molecule has 2 heterocycles. The highest BCUT2D eigenvalue weighted by Crippen LogP contribution is 2.51. The molecule has 4 nitrogen and oxygen atoms in total. The minimum absolute atomic E-state index is 0.251. The highest BCUT2D eigenvalue weighted by molar-refractivity contribution is 5.94. The van der Waals surface area contributed by atoms with Crippen LogP contribution in [0.25, 0.3) is 0 Å². The van der Waals surface area contributed by atoms with E-state index < -0.39 is 0 Å². The summed E-state index contributed by atoms with van der Waals surface area (Å²) >= 11 is 0. The number of fused-ring (bicyclic) bond motifs is 1. The van der Waals surface area contributed by atoms with Gasteiger partial charge >= 0.3 is 0 Å². The lowest BCUT2D eigenvalue weighted by atomic mass is 9.88. The van der Waals surface area contributed by atoms with E-state index in [0.717, 1.165) is 47.6 Å². The van der Waals surface area contributed by atoms with E-state index in [1.54, 1.807) is 0 Å². The quantitative estimate of drug-likeness (QED) is 0.650. The van der Waals surface area contributed by atoms with Crippen LogP contribution in [0.1, 0.15) is 35.2 Å². The van der Waals surface area contributed by atoms with Gasteiger partial charge in [0.2, 0.25) is 6.79 Å². The zero-order valence-corrected chi connectivity index (χ0v) is 15.6. The van der Waals surface area contributed by atoms with Crippen LogP contribution in [0.4, 0.5) is 0 Å². The first-order valence-electron chi connectivity index (χ1n) is 9.64. The van der Waals surface area contributed by atoms with Gasteiger partial charge in [-0.3, -0.25) is 9.78 Å². The van der Waals surface area contributed by atoms with Crippen molar-refractivity contribution in [1.29, 1.82) is 0 Å². The van der Waals surface area contributed by atoms with Crippen LogP contribution in [-0.4, -0.2) is 17.6 Å². The fourth-order valence-corrected chi connectivity index (χ4v) is 3.87. The van der Waals surface area contributed by atoms with Crippen molar-refractivity contribution in [2.24, 2.45) is 0 Å². The zero-order valence-electron chi connectivity index (χ0n) is 15.6. The number of pyridine rings is 1. The number of carbonyl (C=O) groups is 1. The third-order valence-corrected chi connectivity index (χ3v) is 5.69. The number of Topliss-reactive ketones (excluding diaryl/α,β-unsaturated/α-hetero) is 1. The van der Waals surface area contributed by atoms with Gasteiger partial charge in [0.05, 0.1) is 5.41 Å². The average molecular weight is 371 g/mol. The summed E-state index contributed by atoms with van der Waals surface area (Å²) in [7, 11) is 0. The lowest BCUT2D eigenvalue weighted by molar-refractivity contribution is -0.120. The maximum Gasteiger partial charge on any atom is 0.231 e. The maximum atomic E-state index is 13.1. The average Bonchev–Trinajstić information content (AvgIpc) is 3.41. The number of nitrogens with zero attached hydrogens (tertiary/aromatic N) is 1. The molecule has 1 aromatic heterocycles.